The first kappa shape index (κ1) is 16.4. The van der Waals surface area contributed by atoms with E-state index in [2.05, 4.69) is 10.3 Å². The molecule has 0 atom stereocenters. The SMILES string of the molecule is Cc1ccc(Oc2ccc(OCC(=O)NC3=NCCS3)cc2)cc1. The van der Waals surface area contributed by atoms with Gasteiger partial charge in [0.1, 0.15) is 17.2 Å². The van der Waals surface area contributed by atoms with Crippen LogP contribution in [0.4, 0.5) is 0 Å². The van der Waals surface area contributed by atoms with Crippen molar-refractivity contribution in [3.8, 4) is 17.2 Å². The van der Waals surface area contributed by atoms with Crippen LogP contribution in [0.2, 0.25) is 0 Å². The van der Waals surface area contributed by atoms with Gasteiger partial charge in [0, 0.05) is 5.75 Å². The highest BCUT2D eigenvalue weighted by Crippen LogP contribution is 2.24. The monoisotopic (exact) mass is 342 g/mol. The zero-order valence-electron chi connectivity index (χ0n) is 13.3. The molecule has 0 radical (unpaired) electrons. The molecule has 2 aromatic rings. The summed E-state index contributed by atoms with van der Waals surface area (Å²) in [6, 6.07) is 15.0. The highest BCUT2D eigenvalue weighted by Gasteiger charge is 2.11. The van der Waals surface area contributed by atoms with Gasteiger partial charge in [-0.3, -0.25) is 9.79 Å². The molecule has 1 N–H and O–H groups in total. The number of nitrogens with one attached hydrogen (secondary N) is 1. The molecule has 1 amide bonds. The van der Waals surface area contributed by atoms with E-state index in [9.17, 15) is 4.79 Å². The first-order valence-electron chi connectivity index (χ1n) is 7.63. The fourth-order valence-corrected chi connectivity index (χ4v) is 2.81. The number of amides is 1. The molecule has 6 heteroatoms. The Morgan fingerprint density at radius 3 is 2.33 bits per heavy atom. The minimum Gasteiger partial charge on any atom is -0.484 e. The standard InChI is InChI=1S/C18H18N2O3S/c1-13-2-4-15(5-3-13)23-16-8-6-14(7-9-16)22-12-17(21)20-18-19-10-11-24-18/h2-9H,10-12H2,1H3,(H,19,20,21). The van der Waals surface area contributed by atoms with Crippen molar-refractivity contribution in [2.24, 2.45) is 4.99 Å². The minimum atomic E-state index is -0.205. The smallest absolute Gasteiger partial charge is 0.263 e. The number of carbonyl (C=O) groups excluding carboxylic acids is 1. The maximum Gasteiger partial charge on any atom is 0.263 e. The molecule has 5 nitrogen and oxygen atoms in total. The van der Waals surface area contributed by atoms with E-state index in [0.717, 1.165) is 18.0 Å². The predicted molar refractivity (Wildman–Crippen MR) is 96.1 cm³/mol. The molecule has 0 spiro atoms. The summed E-state index contributed by atoms with van der Waals surface area (Å²) < 4.78 is 11.2. The number of ether oxygens (including phenoxy) is 2. The second-order valence-corrected chi connectivity index (χ2v) is 6.34. The maximum absolute atomic E-state index is 11.8. The minimum absolute atomic E-state index is 0.0439. The summed E-state index contributed by atoms with van der Waals surface area (Å²) in [5.74, 6) is 2.82. The molecule has 0 unspecified atom stereocenters. The Labute approximate surface area is 145 Å². The Kier molecular flexibility index (Phi) is 5.38. The molecule has 0 aromatic heterocycles. The largest absolute Gasteiger partial charge is 0.484 e. The lowest BCUT2D eigenvalue weighted by Gasteiger charge is -2.09. The summed E-state index contributed by atoms with van der Waals surface area (Å²) in [4.78, 5) is 15.9. The molecular weight excluding hydrogens is 324 g/mol. The van der Waals surface area contributed by atoms with Gasteiger partial charge in [0.05, 0.1) is 6.54 Å². The Balaban J connectivity index is 1.49. The Morgan fingerprint density at radius 1 is 1.08 bits per heavy atom. The maximum atomic E-state index is 11.8. The van der Waals surface area contributed by atoms with Crippen LogP contribution in [0.15, 0.2) is 53.5 Å². The van der Waals surface area contributed by atoms with E-state index in [-0.39, 0.29) is 12.5 Å². The molecule has 124 valence electrons. The molecule has 3 rings (SSSR count). The van der Waals surface area contributed by atoms with Gasteiger partial charge in [-0.1, -0.05) is 29.5 Å². The van der Waals surface area contributed by atoms with Gasteiger partial charge in [-0.25, -0.2) is 0 Å². The lowest BCUT2D eigenvalue weighted by molar-refractivity contribution is -0.121. The summed E-state index contributed by atoms with van der Waals surface area (Å²) in [6.45, 7) is 2.74. The lowest BCUT2D eigenvalue weighted by Crippen LogP contribution is -2.31. The third-order valence-corrected chi connectivity index (χ3v) is 4.17. The van der Waals surface area contributed by atoms with Crippen LogP contribution in [0.3, 0.4) is 0 Å². The molecule has 24 heavy (non-hydrogen) atoms. The molecule has 2 aromatic carbocycles. The van der Waals surface area contributed by atoms with Crippen LogP contribution in [0, 0.1) is 6.92 Å². The van der Waals surface area contributed by atoms with Gasteiger partial charge in [0.2, 0.25) is 0 Å². The zero-order chi connectivity index (χ0) is 16.8. The van der Waals surface area contributed by atoms with Gasteiger partial charge < -0.3 is 14.8 Å². The Bertz CT molecular complexity index is 727. The Hall–Kier alpha value is -2.47. The second kappa shape index (κ2) is 7.88. The van der Waals surface area contributed by atoms with Crippen molar-refractivity contribution in [2.75, 3.05) is 18.9 Å². The van der Waals surface area contributed by atoms with Crippen molar-refractivity contribution in [1.82, 2.24) is 5.32 Å². The molecule has 0 saturated heterocycles. The van der Waals surface area contributed by atoms with Gasteiger partial charge in [-0.2, -0.15) is 0 Å². The van der Waals surface area contributed by atoms with Gasteiger partial charge in [0.25, 0.3) is 5.91 Å². The van der Waals surface area contributed by atoms with Gasteiger partial charge in [-0.05, 0) is 43.3 Å². The lowest BCUT2D eigenvalue weighted by atomic mass is 10.2. The number of aliphatic imine (C=N–C) groups is 1. The van der Waals surface area contributed by atoms with E-state index >= 15 is 0 Å². The van der Waals surface area contributed by atoms with Crippen molar-refractivity contribution in [1.29, 1.82) is 0 Å². The second-order valence-electron chi connectivity index (χ2n) is 5.26. The number of rotatable bonds is 5. The van der Waals surface area contributed by atoms with E-state index in [1.54, 1.807) is 23.9 Å². The van der Waals surface area contributed by atoms with E-state index < -0.39 is 0 Å². The fraction of sp³-hybridized carbons (Fsp3) is 0.222. The molecule has 1 heterocycles. The molecule has 0 saturated carbocycles. The van der Waals surface area contributed by atoms with Gasteiger partial charge in [-0.15, -0.1) is 0 Å². The number of thioether (sulfide) groups is 1. The van der Waals surface area contributed by atoms with Crippen molar-refractivity contribution in [3.05, 3.63) is 54.1 Å². The molecule has 0 fully saturated rings. The van der Waals surface area contributed by atoms with Crippen molar-refractivity contribution in [3.63, 3.8) is 0 Å². The summed E-state index contributed by atoms with van der Waals surface area (Å²) in [5, 5.41) is 3.39. The highest BCUT2D eigenvalue weighted by molar-refractivity contribution is 8.14. The normalized spacial score (nSPS) is 13.3. The van der Waals surface area contributed by atoms with Crippen LogP contribution in [-0.2, 0) is 4.79 Å². The van der Waals surface area contributed by atoms with Gasteiger partial charge >= 0.3 is 0 Å². The van der Waals surface area contributed by atoms with Crippen molar-refractivity contribution < 1.29 is 14.3 Å². The van der Waals surface area contributed by atoms with Crippen molar-refractivity contribution >= 4 is 22.8 Å². The number of hydrogen-bond acceptors (Lipinski definition) is 5. The van der Waals surface area contributed by atoms with Crippen LogP contribution in [0.1, 0.15) is 5.56 Å². The number of amidine groups is 1. The van der Waals surface area contributed by atoms with E-state index in [4.69, 9.17) is 9.47 Å². The van der Waals surface area contributed by atoms with Crippen LogP contribution in [-0.4, -0.2) is 30.0 Å². The van der Waals surface area contributed by atoms with E-state index in [1.165, 1.54) is 5.56 Å². The molecule has 1 aliphatic heterocycles. The summed E-state index contributed by atoms with van der Waals surface area (Å²) in [5.41, 5.74) is 1.19. The summed E-state index contributed by atoms with van der Waals surface area (Å²) >= 11 is 1.54. The topological polar surface area (TPSA) is 59.9 Å². The van der Waals surface area contributed by atoms with Crippen molar-refractivity contribution in [2.45, 2.75) is 6.92 Å². The molecule has 0 aliphatic carbocycles. The Morgan fingerprint density at radius 2 is 1.71 bits per heavy atom. The number of aryl methyl sites for hydroxylation is 1. The average Bonchev–Trinajstić information content (AvgIpc) is 3.09. The molecule has 0 bridgehead atoms. The number of benzene rings is 2. The number of nitrogens with zero attached hydrogens (tertiary/aromatic N) is 1. The van der Waals surface area contributed by atoms with Crippen LogP contribution in [0.25, 0.3) is 0 Å². The average molecular weight is 342 g/mol. The van der Waals surface area contributed by atoms with E-state index in [1.807, 2.05) is 43.3 Å². The quantitative estimate of drug-likeness (QED) is 0.905. The highest BCUT2D eigenvalue weighted by atomic mass is 32.2. The fourth-order valence-electron chi connectivity index (χ4n) is 2.06. The summed E-state index contributed by atoms with van der Waals surface area (Å²) in [7, 11) is 0. The molecule has 1 aliphatic rings. The summed E-state index contributed by atoms with van der Waals surface area (Å²) in [6.07, 6.45) is 0. The molecular formula is C18H18N2O3S. The van der Waals surface area contributed by atoms with Crippen LogP contribution < -0.4 is 14.8 Å². The number of carbonyl (C=O) groups is 1. The van der Waals surface area contributed by atoms with Crippen LogP contribution >= 0.6 is 11.8 Å². The first-order valence-corrected chi connectivity index (χ1v) is 8.62. The predicted octanol–water partition coefficient (Wildman–Crippen LogP) is 3.39. The zero-order valence-corrected chi connectivity index (χ0v) is 14.1. The van der Waals surface area contributed by atoms with Gasteiger partial charge in [0.15, 0.2) is 11.8 Å². The third-order valence-electron chi connectivity index (χ3n) is 3.28. The first-order chi connectivity index (χ1) is 11.7. The van der Waals surface area contributed by atoms with E-state index in [0.29, 0.717) is 16.7 Å². The third kappa shape index (κ3) is 4.76. The van der Waals surface area contributed by atoms with Crippen LogP contribution in [0.5, 0.6) is 17.2 Å². The number of hydrogen-bond donors (Lipinski definition) is 1.